The molecule has 0 spiro atoms. The van der Waals surface area contributed by atoms with Crippen LogP contribution in [0.25, 0.3) is 0 Å². The van der Waals surface area contributed by atoms with E-state index in [1.54, 1.807) is 0 Å². The lowest BCUT2D eigenvalue weighted by atomic mass is 9.83. The molecule has 27 heavy (non-hydrogen) atoms. The van der Waals surface area contributed by atoms with Gasteiger partial charge in [0.25, 0.3) is 0 Å². The second kappa shape index (κ2) is 11.7. The number of benzene rings is 2. The summed E-state index contributed by atoms with van der Waals surface area (Å²) in [4.78, 5) is 4.81. The molecular formula is C22H32Cl2N2O. The van der Waals surface area contributed by atoms with Gasteiger partial charge in [-0.3, -0.25) is 0 Å². The number of halogens is 2. The minimum atomic E-state index is -0.335. The number of hydrogen-bond acceptors (Lipinski definition) is 3. The van der Waals surface area contributed by atoms with Crippen molar-refractivity contribution in [2.45, 2.75) is 18.4 Å². The Labute approximate surface area is 176 Å². The lowest BCUT2D eigenvalue weighted by molar-refractivity contribution is -0.0101. The molecule has 1 saturated heterocycles. The lowest BCUT2D eigenvalue weighted by Crippen LogP contribution is -2.32. The molecule has 0 aliphatic carbocycles. The molecule has 0 aromatic heterocycles. The molecule has 1 heterocycles. The van der Waals surface area contributed by atoms with Crippen LogP contribution in [0.15, 0.2) is 60.7 Å². The van der Waals surface area contributed by atoms with Gasteiger partial charge in [0.1, 0.15) is 5.60 Å². The average Bonchev–Trinajstić information content (AvgIpc) is 2.87. The van der Waals surface area contributed by atoms with E-state index in [0.717, 1.165) is 39.2 Å². The predicted molar refractivity (Wildman–Crippen MR) is 118 cm³/mol. The zero-order valence-electron chi connectivity index (χ0n) is 16.3. The van der Waals surface area contributed by atoms with E-state index in [1.807, 2.05) is 0 Å². The monoisotopic (exact) mass is 410 g/mol. The lowest BCUT2D eigenvalue weighted by Gasteiger charge is -2.34. The van der Waals surface area contributed by atoms with Gasteiger partial charge in [-0.15, -0.1) is 24.8 Å². The van der Waals surface area contributed by atoms with Gasteiger partial charge in [0.05, 0.1) is 6.61 Å². The molecule has 5 heteroatoms. The molecule has 1 aliphatic rings. The Bertz CT molecular complexity index is 598. The summed E-state index contributed by atoms with van der Waals surface area (Å²) in [5.41, 5.74) is 2.19. The highest BCUT2D eigenvalue weighted by atomic mass is 35.5. The van der Waals surface area contributed by atoms with E-state index in [9.17, 15) is 0 Å². The summed E-state index contributed by atoms with van der Waals surface area (Å²) in [6.45, 7) is 5.12. The van der Waals surface area contributed by atoms with Crippen molar-refractivity contribution < 1.29 is 4.74 Å². The van der Waals surface area contributed by atoms with E-state index in [2.05, 4.69) is 84.6 Å². The highest BCUT2D eigenvalue weighted by molar-refractivity contribution is 5.85. The third-order valence-corrected chi connectivity index (χ3v) is 5.10. The second-order valence-corrected chi connectivity index (χ2v) is 7.16. The smallest absolute Gasteiger partial charge is 0.119 e. The molecule has 0 N–H and O–H groups in total. The second-order valence-electron chi connectivity index (χ2n) is 7.16. The van der Waals surface area contributed by atoms with Crippen LogP contribution in [-0.4, -0.2) is 56.7 Å². The van der Waals surface area contributed by atoms with E-state index in [0.29, 0.717) is 0 Å². The first kappa shape index (κ1) is 23.9. The molecule has 0 atom stereocenters. The van der Waals surface area contributed by atoms with Crippen LogP contribution in [0.2, 0.25) is 0 Å². The first-order chi connectivity index (χ1) is 12.2. The zero-order chi connectivity index (χ0) is 17.5. The maximum absolute atomic E-state index is 6.57. The van der Waals surface area contributed by atoms with Crippen molar-refractivity contribution >= 4 is 24.8 Å². The molecule has 2 aromatic rings. The van der Waals surface area contributed by atoms with Gasteiger partial charge in [0.15, 0.2) is 0 Å². The molecular weight excluding hydrogens is 379 g/mol. The molecule has 3 rings (SSSR count). The summed E-state index contributed by atoms with van der Waals surface area (Å²) in [7, 11) is 4.28. The minimum Gasteiger partial charge on any atom is -0.364 e. The van der Waals surface area contributed by atoms with E-state index in [4.69, 9.17) is 4.74 Å². The van der Waals surface area contributed by atoms with E-state index in [1.165, 1.54) is 17.5 Å². The van der Waals surface area contributed by atoms with Gasteiger partial charge < -0.3 is 14.5 Å². The molecule has 0 unspecified atom stereocenters. The van der Waals surface area contributed by atoms with Crippen molar-refractivity contribution in [1.29, 1.82) is 0 Å². The van der Waals surface area contributed by atoms with Crippen LogP contribution >= 0.6 is 24.8 Å². The largest absolute Gasteiger partial charge is 0.364 e. The molecule has 1 aliphatic heterocycles. The third-order valence-electron chi connectivity index (χ3n) is 5.10. The van der Waals surface area contributed by atoms with Crippen molar-refractivity contribution in [3.63, 3.8) is 0 Å². The van der Waals surface area contributed by atoms with Crippen LogP contribution in [-0.2, 0) is 10.3 Å². The summed E-state index contributed by atoms with van der Waals surface area (Å²) < 4.78 is 6.57. The van der Waals surface area contributed by atoms with Gasteiger partial charge in [0.2, 0.25) is 0 Å². The highest BCUT2D eigenvalue weighted by Gasteiger charge is 2.37. The Morgan fingerprint density at radius 1 is 0.889 bits per heavy atom. The molecule has 0 saturated carbocycles. The maximum Gasteiger partial charge on any atom is 0.119 e. The van der Waals surface area contributed by atoms with E-state index in [-0.39, 0.29) is 30.4 Å². The summed E-state index contributed by atoms with van der Waals surface area (Å²) in [6, 6.07) is 21.4. The van der Waals surface area contributed by atoms with Crippen LogP contribution in [0, 0.1) is 0 Å². The van der Waals surface area contributed by atoms with Gasteiger partial charge in [-0.1, -0.05) is 60.7 Å². The van der Waals surface area contributed by atoms with Crippen molar-refractivity contribution in [3.8, 4) is 0 Å². The highest BCUT2D eigenvalue weighted by Crippen LogP contribution is 2.38. The van der Waals surface area contributed by atoms with E-state index >= 15 is 0 Å². The Kier molecular flexibility index (Phi) is 10.4. The van der Waals surface area contributed by atoms with Crippen molar-refractivity contribution in [2.24, 2.45) is 0 Å². The molecule has 150 valence electrons. The predicted octanol–water partition coefficient (Wildman–Crippen LogP) is 4.45. The number of nitrogens with zero attached hydrogens (tertiary/aromatic N) is 2. The van der Waals surface area contributed by atoms with Crippen molar-refractivity contribution in [1.82, 2.24) is 9.80 Å². The van der Waals surface area contributed by atoms with Gasteiger partial charge in [-0.05, 0) is 51.2 Å². The summed E-state index contributed by atoms with van der Waals surface area (Å²) in [6.07, 6.45) is 2.19. The average molecular weight is 411 g/mol. The van der Waals surface area contributed by atoms with Crippen molar-refractivity contribution in [3.05, 3.63) is 71.8 Å². The summed E-state index contributed by atoms with van der Waals surface area (Å²) in [5.74, 6) is 0. The Balaban J connectivity index is 0.00000182. The van der Waals surface area contributed by atoms with Crippen LogP contribution in [0.5, 0.6) is 0 Å². The number of hydrogen-bond donors (Lipinski definition) is 0. The molecule has 1 fully saturated rings. The Morgan fingerprint density at radius 2 is 1.44 bits per heavy atom. The van der Waals surface area contributed by atoms with Gasteiger partial charge in [-0.25, -0.2) is 0 Å². The fraction of sp³-hybridized carbons (Fsp3) is 0.455. The first-order valence-corrected chi connectivity index (χ1v) is 9.33. The number of rotatable bonds is 6. The van der Waals surface area contributed by atoms with Crippen LogP contribution in [0.3, 0.4) is 0 Å². The van der Waals surface area contributed by atoms with Crippen LogP contribution < -0.4 is 0 Å². The quantitative estimate of drug-likeness (QED) is 0.699. The van der Waals surface area contributed by atoms with Crippen LogP contribution in [0.4, 0.5) is 0 Å². The van der Waals surface area contributed by atoms with Gasteiger partial charge >= 0.3 is 0 Å². The third kappa shape index (κ3) is 6.20. The molecule has 0 bridgehead atoms. The Morgan fingerprint density at radius 3 is 1.96 bits per heavy atom. The van der Waals surface area contributed by atoms with E-state index < -0.39 is 0 Å². The molecule has 0 radical (unpaired) electrons. The molecule has 2 aromatic carbocycles. The van der Waals surface area contributed by atoms with Crippen LogP contribution in [0.1, 0.15) is 24.0 Å². The fourth-order valence-corrected chi connectivity index (χ4v) is 3.72. The fourth-order valence-electron chi connectivity index (χ4n) is 3.72. The van der Waals surface area contributed by atoms with Gasteiger partial charge in [-0.2, -0.15) is 0 Å². The molecule has 0 amide bonds. The normalized spacial score (nSPS) is 16.9. The summed E-state index contributed by atoms with van der Waals surface area (Å²) in [5, 5.41) is 0. The standard InChI is InChI=1S/C22H30N2O.2ClH/c1-23(2)15-9-16-24-17-14-22(25-19-18-24,20-10-5-3-6-11-20)21-12-7-4-8-13-21;;/h3-8,10-13H,9,14-19H2,1-2H3;2*1H. The molecule has 3 nitrogen and oxygen atoms in total. The minimum absolute atomic E-state index is 0. The first-order valence-electron chi connectivity index (χ1n) is 9.33. The topological polar surface area (TPSA) is 15.7 Å². The maximum atomic E-state index is 6.57. The number of ether oxygens (including phenoxy) is 1. The van der Waals surface area contributed by atoms with Gasteiger partial charge in [0, 0.05) is 13.1 Å². The Hall–Kier alpha value is -1.10. The van der Waals surface area contributed by atoms with Crippen molar-refractivity contribution in [2.75, 3.05) is 46.9 Å². The SMILES string of the molecule is CN(C)CCCN1CCOC(c2ccccc2)(c2ccccc2)CC1.Cl.Cl. The summed E-state index contributed by atoms with van der Waals surface area (Å²) >= 11 is 0. The zero-order valence-corrected chi connectivity index (χ0v) is 18.0.